The molecule has 176 valence electrons. The van der Waals surface area contributed by atoms with E-state index in [1.807, 2.05) is 41.8 Å². The van der Waals surface area contributed by atoms with Crippen LogP contribution in [-0.4, -0.2) is 33.8 Å². The summed E-state index contributed by atoms with van der Waals surface area (Å²) in [4.78, 5) is 21.1. The second-order valence-electron chi connectivity index (χ2n) is 7.59. The maximum Gasteiger partial charge on any atom is 0.322 e. The van der Waals surface area contributed by atoms with Gasteiger partial charge < -0.3 is 18.6 Å². The molecule has 6 aromatic rings. The Kier molecular flexibility index (Phi) is 5.27. The van der Waals surface area contributed by atoms with Crippen molar-refractivity contribution >= 4 is 38.6 Å². The number of aromatic amines is 1. The summed E-state index contributed by atoms with van der Waals surface area (Å²) in [5, 5.41) is 6.37. The normalized spacial score (nSPS) is 11.4. The molecule has 0 radical (unpaired) electrons. The van der Waals surface area contributed by atoms with E-state index in [1.54, 1.807) is 42.3 Å². The Bertz CT molecular complexity index is 1670. The van der Waals surface area contributed by atoms with E-state index in [1.165, 1.54) is 0 Å². The van der Waals surface area contributed by atoms with Crippen LogP contribution in [0.4, 0.5) is 0 Å². The molecule has 2 aromatic carbocycles. The first kappa shape index (κ1) is 21.4. The number of benzene rings is 2. The van der Waals surface area contributed by atoms with Crippen LogP contribution in [0.2, 0.25) is 0 Å². The van der Waals surface area contributed by atoms with Crippen molar-refractivity contribution in [3.8, 4) is 39.3 Å². The smallest absolute Gasteiger partial charge is 0.322 e. The van der Waals surface area contributed by atoms with Crippen LogP contribution in [0.15, 0.2) is 63.3 Å². The SMILES string of the molecule is COc1ccc(-c2nc(COc3cc(OC)cc4oc(-c5cn6[nH]c(=O)sc6n5)cc34)cs2)cc1. The van der Waals surface area contributed by atoms with Gasteiger partial charge in [-0.15, -0.1) is 11.3 Å². The fourth-order valence-corrected chi connectivity index (χ4v) is 5.14. The molecule has 0 atom stereocenters. The molecule has 0 aliphatic carbocycles. The van der Waals surface area contributed by atoms with Gasteiger partial charge in [0.1, 0.15) is 40.1 Å². The number of hydrogen-bond donors (Lipinski definition) is 1. The predicted molar refractivity (Wildman–Crippen MR) is 134 cm³/mol. The molecule has 9 nitrogen and oxygen atoms in total. The average molecular weight is 507 g/mol. The molecule has 0 aliphatic rings. The van der Waals surface area contributed by atoms with E-state index in [9.17, 15) is 4.79 Å². The van der Waals surface area contributed by atoms with Crippen molar-refractivity contribution in [3.05, 3.63) is 69.4 Å². The van der Waals surface area contributed by atoms with E-state index in [0.717, 1.165) is 38.7 Å². The molecule has 4 aromatic heterocycles. The van der Waals surface area contributed by atoms with Gasteiger partial charge in [-0.05, 0) is 41.7 Å². The third-order valence-corrected chi connectivity index (χ3v) is 7.08. The topological polar surface area (TPSA) is 104 Å². The third-order valence-electron chi connectivity index (χ3n) is 5.39. The van der Waals surface area contributed by atoms with Gasteiger partial charge in [-0.1, -0.05) is 0 Å². The van der Waals surface area contributed by atoms with Crippen LogP contribution in [0.3, 0.4) is 0 Å². The van der Waals surface area contributed by atoms with Gasteiger partial charge in [-0.3, -0.25) is 4.79 Å². The highest BCUT2D eigenvalue weighted by Crippen LogP contribution is 2.37. The number of imidazole rings is 1. The molecular weight excluding hydrogens is 488 g/mol. The molecule has 0 saturated carbocycles. The first-order valence-electron chi connectivity index (χ1n) is 10.5. The summed E-state index contributed by atoms with van der Waals surface area (Å²) in [7, 11) is 3.24. The van der Waals surface area contributed by atoms with Crippen molar-refractivity contribution in [3.63, 3.8) is 0 Å². The number of ether oxygens (including phenoxy) is 3. The van der Waals surface area contributed by atoms with E-state index in [0.29, 0.717) is 33.5 Å². The molecule has 6 rings (SSSR count). The molecule has 0 aliphatic heterocycles. The monoisotopic (exact) mass is 506 g/mol. The summed E-state index contributed by atoms with van der Waals surface area (Å²) in [6, 6.07) is 13.3. The Morgan fingerprint density at radius 3 is 2.66 bits per heavy atom. The van der Waals surface area contributed by atoms with E-state index in [2.05, 4.69) is 10.1 Å². The molecule has 0 amide bonds. The van der Waals surface area contributed by atoms with Crippen molar-refractivity contribution in [2.24, 2.45) is 0 Å². The van der Waals surface area contributed by atoms with Crippen molar-refractivity contribution in [2.45, 2.75) is 6.61 Å². The number of fused-ring (bicyclic) bond motifs is 2. The van der Waals surface area contributed by atoms with Gasteiger partial charge in [0.15, 0.2) is 5.76 Å². The van der Waals surface area contributed by atoms with Gasteiger partial charge in [-0.2, -0.15) is 0 Å². The number of methoxy groups -OCH3 is 2. The maximum absolute atomic E-state index is 11.5. The average Bonchev–Trinajstić information content (AvgIpc) is 3.65. The largest absolute Gasteiger partial charge is 0.497 e. The molecular formula is C24H18N4O5S2. The fraction of sp³-hybridized carbons (Fsp3) is 0.125. The molecule has 1 N–H and O–H groups in total. The Morgan fingerprint density at radius 1 is 1.06 bits per heavy atom. The fourth-order valence-electron chi connectivity index (χ4n) is 3.68. The molecule has 0 saturated heterocycles. The summed E-state index contributed by atoms with van der Waals surface area (Å²) < 4.78 is 24.4. The van der Waals surface area contributed by atoms with Gasteiger partial charge >= 0.3 is 4.87 Å². The van der Waals surface area contributed by atoms with Gasteiger partial charge in [0, 0.05) is 23.1 Å². The Hall–Kier alpha value is -4.09. The summed E-state index contributed by atoms with van der Waals surface area (Å²) in [5.74, 6) is 2.59. The predicted octanol–water partition coefficient (Wildman–Crippen LogP) is 5.22. The van der Waals surface area contributed by atoms with E-state index in [4.69, 9.17) is 23.6 Å². The van der Waals surface area contributed by atoms with Crippen molar-refractivity contribution < 1.29 is 18.6 Å². The van der Waals surface area contributed by atoms with Crippen molar-refractivity contribution in [1.82, 2.24) is 19.6 Å². The molecule has 0 unspecified atom stereocenters. The summed E-state index contributed by atoms with van der Waals surface area (Å²) >= 11 is 2.59. The van der Waals surface area contributed by atoms with Crippen LogP contribution in [0.1, 0.15) is 5.69 Å². The molecule has 0 fully saturated rings. The third kappa shape index (κ3) is 4.04. The minimum absolute atomic E-state index is 0.165. The van der Waals surface area contributed by atoms with Gasteiger partial charge in [0.2, 0.25) is 4.96 Å². The van der Waals surface area contributed by atoms with Crippen LogP contribution in [0, 0.1) is 0 Å². The van der Waals surface area contributed by atoms with E-state index in [-0.39, 0.29) is 11.5 Å². The molecule has 0 spiro atoms. The quantitative estimate of drug-likeness (QED) is 0.317. The summed E-state index contributed by atoms with van der Waals surface area (Å²) in [6.45, 7) is 0.289. The zero-order valence-electron chi connectivity index (χ0n) is 18.6. The van der Waals surface area contributed by atoms with Gasteiger partial charge in [0.05, 0.1) is 31.5 Å². The lowest BCUT2D eigenvalue weighted by molar-refractivity contribution is 0.303. The molecule has 11 heteroatoms. The van der Waals surface area contributed by atoms with Crippen molar-refractivity contribution in [2.75, 3.05) is 14.2 Å². The first-order valence-corrected chi connectivity index (χ1v) is 12.2. The first-order chi connectivity index (χ1) is 17.1. The number of aromatic nitrogens is 4. The van der Waals surface area contributed by atoms with Crippen LogP contribution in [0.5, 0.6) is 17.2 Å². The van der Waals surface area contributed by atoms with Crippen LogP contribution >= 0.6 is 22.7 Å². The number of nitrogens with zero attached hydrogens (tertiary/aromatic N) is 3. The number of nitrogens with one attached hydrogen (secondary N) is 1. The standard InChI is InChI=1S/C24H18N4O5S2/c1-30-15-5-3-13(4-6-15)22-25-14(12-34-22)11-32-19-7-16(31-2)8-20-17(19)9-21(33-20)18-10-28-23(26-18)35-24(29)27-28/h3-10,12H,11H2,1-2H3,(H,27,29). The number of furan rings is 1. The highest BCUT2D eigenvalue weighted by Gasteiger charge is 2.17. The number of H-pyrrole nitrogens is 1. The van der Waals surface area contributed by atoms with Crippen LogP contribution in [-0.2, 0) is 6.61 Å². The van der Waals surface area contributed by atoms with Gasteiger partial charge in [-0.25, -0.2) is 19.6 Å². The highest BCUT2D eigenvalue weighted by atomic mass is 32.1. The van der Waals surface area contributed by atoms with Gasteiger partial charge in [0.25, 0.3) is 0 Å². The lowest BCUT2D eigenvalue weighted by Gasteiger charge is -2.08. The minimum Gasteiger partial charge on any atom is -0.497 e. The van der Waals surface area contributed by atoms with E-state index < -0.39 is 0 Å². The Labute approximate surface area is 206 Å². The van der Waals surface area contributed by atoms with E-state index >= 15 is 0 Å². The molecule has 35 heavy (non-hydrogen) atoms. The second kappa shape index (κ2) is 8.60. The second-order valence-corrected chi connectivity index (χ2v) is 9.39. The lowest BCUT2D eigenvalue weighted by atomic mass is 10.2. The van der Waals surface area contributed by atoms with Crippen molar-refractivity contribution in [1.29, 1.82) is 0 Å². The maximum atomic E-state index is 11.5. The minimum atomic E-state index is -0.165. The van der Waals surface area contributed by atoms with Crippen LogP contribution in [0.25, 0.3) is 38.0 Å². The Balaban J connectivity index is 1.28. The number of thiazole rings is 1. The Morgan fingerprint density at radius 2 is 1.89 bits per heavy atom. The number of rotatable bonds is 7. The molecule has 0 bridgehead atoms. The zero-order valence-corrected chi connectivity index (χ0v) is 20.2. The highest BCUT2D eigenvalue weighted by molar-refractivity contribution is 7.14. The summed E-state index contributed by atoms with van der Waals surface area (Å²) in [6.07, 6.45) is 1.72. The van der Waals surface area contributed by atoms with Crippen LogP contribution < -0.4 is 19.1 Å². The lowest BCUT2D eigenvalue weighted by Crippen LogP contribution is -1.97. The summed E-state index contributed by atoms with van der Waals surface area (Å²) in [5.41, 5.74) is 3.05. The number of hydrogen-bond acceptors (Lipinski definition) is 9. The molecule has 4 heterocycles. The zero-order chi connectivity index (χ0) is 23.9.